The van der Waals surface area contributed by atoms with Crippen LogP contribution in [-0.2, 0) is 24.2 Å². The van der Waals surface area contributed by atoms with Crippen molar-refractivity contribution in [2.45, 2.75) is 57.0 Å². The molecule has 3 aromatic rings. The van der Waals surface area contributed by atoms with E-state index >= 15 is 0 Å². The predicted molar refractivity (Wildman–Crippen MR) is 103 cm³/mol. The summed E-state index contributed by atoms with van der Waals surface area (Å²) in [6.45, 7) is 8.73. The van der Waals surface area contributed by atoms with E-state index in [-0.39, 0.29) is 12.0 Å². The molecule has 1 aromatic carbocycles. The van der Waals surface area contributed by atoms with Gasteiger partial charge in [0.2, 0.25) is 16.9 Å². The summed E-state index contributed by atoms with van der Waals surface area (Å²) in [6, 6.07) is 8.04. The summed E-state index contributed by atoms with van der Waals surface area (Å²) in [5.41, 5.74) is 1.36. The quantitative estimate of drug-likeness (QED) is 0.486. The second-order valence-corrected chi connectivity index (χ2v) is 8.01. The van der Waals surface area contributed by atoms with Crippen molar-refractivity contribution in [2.24, 2.45) is 0 Å². The molecule has 0 aliphatic rings. The summed E-state index contributed by atoms with van der Waals surface area (Å²) in [6.07, 6.45) is 0.711. The second-order valence-electron chi connectivity index (χ2n) is 7.06. The zero-order chi connectivity index (χ0) is 19.4. The van der Waals surface area contributed by atoms with Crippen LogP contribution >= 0.6 is 11.8 Å². The third-order valence-corrected chi connectivity index (χ3v) is 4.89. The largest absolute Gasteiger partial charge is 0.486 e. The first-order chi connectivity index (χ1) is 12.9. The van der Waals surface area contributed by atoms with Crippen LogP contribution in [0.1, 0.15) is 50.9 Å². The molecule has 3 rings (SSSR count). The molecule has 0 saturated carbocycles. The number of hydrogen-bond acceptors (Lipinski definition) is 8. The average Bonchev–Trinajstić information content (AvgIpc) is 3.24. The Morgan fingerprint density at radius 3 is 2.41 bits per heavy atom. The molecule has 0 aliphatic heterocycles. The first-order valence-corrected chi connectivity index (χ1v) is 9.72. The minimum atomic E-state index is 0.109. The van der Waals surface area contributed by atoms with Gasteiger partial charge in [0.05, 0.1) is 5.75 Å². The molecule has 2 N–H and O–H groups in total. The molecule has 0 saturated heterocycles. The Bertz CT molecular complexity index is 882. The van der Waals surface area contributed by atoms with E-state index in [4.69, 9.17) is 15.0 Å². The zero-order valence-corrected chi connectivity index (χ0v) is 16.8. The lowest BCUT2D eigenvalue weighted by atomic mass is 9.87. The number of hydrogen-bond donors (Lipinski definition) is 1. The number of rotatable bonds is 7. The number of aromatic nitrogens is 5. The van der Waals surface area contributed by atoms with Gasteiger partial charge in [0.15, 0.2) is 5.82 Å². The van der Waals surface area contributed by atoms with Crippen LogP contribution < -0.4 is 10.6 Å². The molecule has 9 heteroatoms. The van der Waals surface area contributed by atoms with Crippen LogP contribution in [-0.4, -0.2) is 25.1 Å². The fraction of sp³-hybridized carbons (Fsp3) is 0.444. The fourth-order valence-corrected chi connectivity index (χ4v) is 3.03. The van der Waals surface area contributed by atoms with Crippen LogP contribution in [0.5, 0.6) is 5.75 Å². The van der Waals surface area contributed by atoms with Crippen molar-refractivity contribution < 1.29 is 9.15 Å². The van der Waals surface area contributed by atoms with Crippen molar-refractivity contribution >= 4 is 11.8 Å². The first-order valence-electron chi connectivity index (χ1n) is 8.73. The second kappa shape index (κ2) is 7.99. The molecule has 8 nitrogen and oxygen atoms in total. The van der Waals surface area contributed by atoms with Gasteiger partial charge in [-0.05, 0) is 23.1 Å². The van der Waals surface area contributed by atoms with E-state index in [2.05, 4.69) is 53.3 Å². The Morgan fingerprint density at radius 1 is 1.07 bits per heavy atom. The predicted octanol–water partition coefficient (Wildman–Crippen LogP) is 3.11. The third-order valence-electron chi connectivity index (χ3n) is 3.96. The third kappa shape index (κ3) is 4.79. The number of nitrogens with two attached hydrogens (primary N) is 1. The molecule has 144 valence electrons. The molecule has 0 amide bonds. The summed E-state index contributed by atoms with van der Waals surface area (Å²) in [5, 5.41) is 16.7. The maximum absolute atomic E-state index is 6.07. The highest BCUT2D eigenvalue weighted by Crippen LogP contribution is 2.25. The minimum Gasteiger partial charge on any atom is -0.486 e. The summed E-state index contributed by atoms with van der Waals surface area (Å²) < 4.78 is 12.7. The minimum absolute atomic E-state index is 0.109. The monoisotopic (exact) mass is 388 g/mol. The Balaban J connectivity index is 1.57. The number of nitrogen functional groups attached to an aromatic ring is 1. The lowest BCUT2D eigenvalue weighted by Gasteiger charge is -2.19. The van der Waals surface area contributed by atoms with Gasteiger partial charge in [-0.1, -0.05) is 51.6 Å². The smallest absolute Gasteiger partial charge is 0.226 e. The van der Waals surface area contributed by atoms with E-state index in [1.807, 2.05) is 19.1 Å². The average molecular weight is 388 g/mol. The summed E-state index contributed by atoms with van der Waals surface area (Å²) in [4.78, 5) is 0. The molecule has 0 atom stereocenters. The summed E-state index contributed by atoms with van der Waals surface area (Å²) in [5.74, 6) is 9.01. The number of aryl methyl sites for hydroxylation is 1. The molecule has 2 heterocycles. The molecule has 0 unspecified atom stereocenters. The molecule has 0 radical (unpaired) electrons. The Kier molecular flexibility index (Phi) is 5.69. The SMILES string of the molecule is CCc1nnc(CSc2nnc(COc3ccc(C(C)(C)C)cc3)n2N)o1. The Hall–Kier alpha value is -2.55. The molecule has 0 spiro atoms. The van der Waals surface area contributed by atoms with Gasteiger partial charge >= 0.3 is 0 Å². The molecular weight excluding hydrogens is 364 g/mol. The highest BCUT2D eigenvalue weighted by Gasteiger charge is 2.15. The van der Waals surface area contributed by atoms with Crippen molar-refractivity contribution in [3.8, 4) is 5.75 Å². The lowest BCUT2D eigenvalue weighted by molar-refractivity contribution is 0.291. The van der Waals surface area contributed by atoms with Gasteiger partial charge in [0.25, 0.3) is 0 Å². The maximum Gasteiger partial charge on any atom is 0.226 e. The number of benzene rings is 1. The summed E-state index contributed by atoms with van der Waals surface area (Å²) >= 11 is 1.38. The lowest BCUT2D eigenvalue weighted by Crippen LogP contribution is -2.16. The van der Waals surface area contributed by atoms with Gasteiger partial charge in [-0.15, -0.1) is 20.4 Å². The van der Waals surface area contributed by atoms with Gasteiger partial charge in [0.1, 0.15) is 12.4 Å². The number of thioether (sulfide) groups is 1. The molecule has 0 fully saturated rings. The normalized spacial score (nSPS) is 11.7. The van der Waals surface area contributed by atoms with E-state index < -0.39 is 0 Å². The van der Waals surface area contributed by atoms with E-state index in [1.54, 1.807) is 0 Å². The van der Waals surface area contributed by atoms with Crippen LogP contribution in [0.3, 0.4) is 0 Å². The van der Waals surface area contributed by atoms with Crippen LogP contribution in [0.4, 0.5) is 0 Å². The number of ether oxygens (including phenoxy) is 1. The van der Waals surface area contributed by atoms with Crippen LogP contribution in [0, 0.1) is 0 Å². The molecule has 2 aromatic heterocycles. The van der Waals surface area contributed by atoms with Crippen molar-refractivity contribution in [3.05, 3.63) is 47.4 Å². The standard InChI is InChI=1S/C18H24N6O2S/c1-5-15-21-22-16(26-15)11-27-17-23-20-14(24(17)19)10-25-13-8-6-12(7-9-13)18(2,3)4/h6-9H,5,10-11,19H2,1-4H3. The zero-order valence-electron chi connectivity index (χ0n) is 16.0. The summed E-state index contributed by atoms with van der Waals surface area (Å²) in [7, 11) is 0. The van der Waals surface area contributed by atoms with Crippen molar-refractivity contribution in [2.75, 3.05) is 5.84 Å². The highest BCUT2D eigenvalue weighted by atomic mass is 32.2. The molecule has 0 bridgehead atoms. The van der Waals surface area contributed by atoms with E-state index in [1.165, 1.54) is 22.0 Å². The van der Waals surface area contributed by atoms with Gasteiger partial charge < -0.3 is 15.0 Å². The van der Waals surface area contributed by atoms with Crippen molar-refractivity contribution in [1.82, 2.24) is 25.1 Å². The molecular formula is C18H24N6O2S. The Morgan fingerprint density at radius 2 is 1.78 bits per heavy atom. The van der Waals surface area contributed by atoms with Crippen LogP contribution in [0.25, 0.3) is 0 Å². The van der Waals surface area contributed by atoms with Crippen molar-refractivity contribution in [1.29, 1.82) is 0 Å². The van der Waals surface area contributed by atoms with Crippen LogP contribution in [0.15, 0.2) is 33.8 Å². The van der Waals surface area contributed by atoms with Crippen LogP contribution in [0.2, 0.25) is 0 Å². The highest BCUT2D eigenvalue weighted by molar-refractivity contribution is 7.98. The molecule has 0 aliphatic carbocycles. The maximum atomic E-state index is 6.07. The van der Waals surface area contributed by atoms with Gasteiger partial charge in [-0.2, -0.15) is 0 Å². The Labute approximate surface area is 162 Å². The molecule has 27 heavy (non-hydrogen) atoms. The van der Waals surface area contributed by atoms with Gasteiger partial charge in [-0.25, -0.2) is 4.68 Å². The van der Waals surface area contributed by atoms with Gasteiger partial charge in [-0.3, -0.25) is 0 Å². The fourth-order valence-electron chi connectivity index (χ4n) is 2.32. The number of nitrogens with zero attached hydrogens (tertiary/aromatic N) is 5. The van der Waals surface area contributed by atoms with E-state index in [0.29, 0.717) is 34.9 Å². The first kappa shape index (κ1) is 19.2. The van der Waals surface area contributed by atoms with Gasteiger partial charge in [0, 0.05) is 6.42 Å². The topological polar surface area (TPSA) is 105 Å². The van der Waals surface area contributed by atoms with E-state index in [9.17, 15) is 0 Å². The van der Waals surface area contributed by atoms with E-state index in [0.717, 1.165) is 5.75 Å². The van der Waals surface area contributed by atoms with Crippen molar-refractivity contribution in [3.63, 3.8) is 0 Å².